The number of nitrogens with one attached hydrogen (secondary N) is 1. The fourth-order valence-electron chi connectivity index (χ4n) is 2.93. The quantitative estimate of drug-likeness (QED) is 0.846. The SMILES string of the molecule is FC(F)(F)C1CCCN(CCN2CCCNCC2)C1. The van der Waals surface area contributed by atoms with Crippen LogP contribution in [0.3, 0.4) is 0 Å². The Kier molecular flexibility index (Phi) is 5.47. The number of piperidine rings is 1. The van der Waals surface area contributed by atoms with Crippen LogP contribution in [0.5, 0.6) is 0 Å². The monoisotopic (exact) mass is 279 g/mol. The Morgan fingerprint density at radius 1 is 0.947 bits per heavy atom. The minimum absolute atomic E-state index is 0.190. The van der Waals surface area contributed by atoms with Crippen molar-refractivity contribution in [1.82, 2.24) is 15.1 Å². The summed E-state index contributed by atoms with van der Waals surface area (Å²) in [4.78, 5) is 4.34. The molecule has 19 heavy (non-hydrogen) atoms. The molecular weight excluding hydrogens is 255 g/mol. The van der Waals surface area contributed by atoms with Crippen LogP contribution in [0, 0.1) is 5.92 Å². The molecule has 2 saturated heterocycles. The molecule has 2 heterocycles. The van der Waals surface area contributed by atoms with E-state index in [1.54, 1.807) is 0 Å². The number of alkyl halides is 3. The van der Waals surface area contributed by atoms with Crippen LogP contribution in [0.15, 0.2) is 0 Å². The first kappa shape index (κ1) is 15.1. The van der Waals surface area contributed by atoms with Gasteiger partial charge in [0.05, 0.1) is 5.92 Å². The van der Waals surface area contributed by atoms with E-state index in [1.807, 2.05) is 4.90 Å². The maximum Gasteiger partial charge on any atom is 0.393 e. The van der Waals surface area contributed by atoms with Gasteiger partial charge < -0.3 is 15.1 Å². The molecule has 1 unspecified atom stereocenters. The predicted molar refractivity (Wildman–Crippen MR) is 69.1 cm³/mol. The molecule has 2 aliphatic rings. The Balaban J connectivity index is 1.73. The van der Waals surface area contributed by atoms with E-state index in [-0.39, 0.29) is 6.54 Å². The van der Waals surface area contributed by atoms with E-state index in [0.29, 0.717) is 12.8 Å². The van der Waals surface area contributed by atoms with Crippen LogP contribution in [-0.4, -0.2) is 68.3 Å². The summed E-state index contributed by atoms with van der Waals surface area (Å²) in [6, 6.07) is 0. The molecule has 0 aliphatic carbocycles. The highest BCUT2D eigenvalue weighted by atomic mass is 19.4. The molecule has 2 rings (SSSR count). The smallest absolute Gasteiger partial charge is 0.315 e. The maximum absolute atomic E-state index is 12.7. The number of hydrogen-bond donors (Lipinski definition) is 1. The fourth-order valence-corrected chi connectivity index (χ4v) is 2.93. The zero-order valence-electron chi connectivity index (χ0n) is 11.4. The highest BCUT2D eigenvalue weighted by molar-refractivity contribution is 4.79. The van der Waals surface area contributed by atoms with Gasteiger partial charge >= 0.3 is 6.18 Å². The molecule has 0 spiro atoms. The van der Waals surface area contributed by atoms with Crippen molar-refractivity contribution < 1.29 is 13.2 Å². The van der Waals surface area contributed by atoms with Crippen LogP contribution in [-0.2, 0) is 0 Å². The number of halogens is 3. The molecule has 2 aliphatic heterocycles. The number of nitrogens with zero attached hydrogens (tertiary/aromatic N) is 2. The van der Waals surface area contributed by atoms with E-state index in [9.17, 15) is 13.2 Å². The summed E-state index contributed by atoms with van der Waals surface area (Å²) in [5.41, 5.74) is 0. The van der Waals surface area contributed by atoms with Gasteiger partial charge in [0.25, 0.3) is 0 Å². The maximum atomic E-state index is 12.7. The summed E-state index contributed by atoms with van der Waals surface area (Å²) in [5.74, 6) is -1.12. The largest absolute Gasteiger partial charge is 0.393 e. The van der Waals surface area contributed by atoms with Crippen molar-refractivity contribution in [1.29, 1.82) is 0 Å². The van der Waals surface area contributed by atoms with Gasteiger partial charge in [-0.25, -0.2) is 0 Å². The molecule has 0 aromatic heterocycles. The lowest BCUT2D eigenvalue weighted by atomic mass is 9.97. The molecule has 0 bridgehead atoms. The third-order valence-electron chi connectivity index (χ3n) is 4.13. The molecule has 0 amide bonds. The van der Waals surface area contributed by atoms with Crippen LogP contribution in [0.25, 0.3) is 0 Å². The average Bonchev–Trinajstić information content (AvgIpc) is 2.64. The van der Waals surface area contributed by atoms with Crippen molar-refractivity contribution in [3.05, 3.63) is 0 Å². The zero-order chi connectivity index (χ0) is 13.7. The van der Waals surface area contributed by atoms with Crippen molar-refractivity contribution >= 4 is 0 Å². The molecule has 3 nitrogen and oxygen atoms in total. The number of hydrogen-bond acceptors (Lipinski definition) is 3. The van der Waals surface area contributed by atoms with E-state index in [2.05, 4.69) is 10.2 Å². The lowest BCUT2D eigenvalue weighted by molar-refractivity contribution is -0.186. The van der Waals surface area contributed by atoms with Crippen LogP contribution in [0.1, 0.15) is 19.3 Å². The third kappa shape index (κ3) is 4.93. The van der Waals surface area contributed by atoms with Gasteiger partial charge in [0, 0.05) is 32.7 Å². The Bertz CT molecular complexity index is 262. The summed E-state index contributed by atoms with van der Waals surface area (Å²) in [6.45, 7) is 6.79. The summed E-state index contributed by atoms with van der Waals surface area (Å²) < 4.78 is 38.2. The Morgan fingerprint density at radius 2 is 1.68 bits per heavy atom. The first-order valence-electron chi connectivity index (χ1n) is 7.28. The molecule has 0 aromatic rings. The lowest BCUT2D eigenvalue weighted by Crippen LogP contribution is -2.45. The fraction of sp³-hybridized carbons (Fsp3) is 1.00. The standard InChI is InChI=1S/C13H24F3N3/c14-13(15,16)12-3-1-6-19(11-12)10-9-18-7-2-4-17-5-8-18/h12,17H,1-11H2. The van der Waals surface area contributed by atoms with Gasteiger partial charge in [0.15, 0.2) is 0 Å². The third-order valence-corrected chi connectivity index (χ3v) is 4.13. The molecule has 0 radical (unpaired) electrons. The van der Waals surface area contributed by atoms with Gasteiger partial charge in [-0.05, 0) is 38.9 Å². The average molecular weight is 279 g/mol. The van der Waals surface area contributed by atoms with E-state index in [0.717, 1.165) is 52.2 Å². The second-order valence-corrected chi connectivity index (χ2v) is 5.63. The van der Waals surface area contributed by atoms with Gasteiger partial charge in [-0.3, -0.25) is 0 Å². The van der Waals surface area contributed by atoms with Crippen LogP contribution in [0.2, 0.25) is 0 Å². The molecule has 1 N–H and O–H groups in total. The Labute approximate surface area is 113 Å². The second kappa shape index (κ2) is 6.90. The van der Waals surface area contributed by atoms with Crippen molar-refractivity contribution in [2.24, 2.45) is 5.92 Å². The first-order valence-corrected chi connectivity index (χ1v) is 7.28. The zero-order valence-corrected chi connectivity index (χ0v) is 11.4. The van der Waals surface area contributed by atoms with Gasteiger partial charge in [-0.2, -0.15) is 13.2 Å². The van der Waals surface area contributed by atoms with Gasteiger partial charge in [-0.1, -0.05) is 0 Å². The predicted octanol–water partition coefficient (Wildman–Crippen LogP) is 1.56. The van der Waals surface area contributed by atoms with E-state index in [4.69, 9.17) is 0 Å². The summed E-state index contributed by atoms with van der Waals surface area (Å²) in [6.07, 6.45) is -1.92. The van der Waals surface area contributed by atoms with Crippen molar-refractivity contribution in [3.63, 3.8) is 0 Å². The van der Waals surface area contributed by atoms with Crippen LogP contribution >= 0.6 is 0 Å². The highest BCUT2D eigenvalue weighted by Gasteiger charge is 2.41. The minimum Gasteiger partial charge on any atom is -0.315 e. The van der Waals surface area contributed by atoms with Crippen molar-refractivity contribution in [2.45, 2.75) is 25.4 Å². The molecule has 0 aromatic carbocycles. The van der Waals surface area contributed by atoms with Crippen molar-refractivity contribution in [3.8, 4) is 0 Å². The van der Waals surface area contributed by atoms with E-state index >= 15 is 0 Å². The normalized spacial score (nSPS) is 28.3. The Hall–Kier alpha value is -0.330. The first-order chi connectivity index (χ1) is 9.05. The summed E-state index contributed by atoms with van der Waals surface area (Å²) in [5, 5.41) is 3.34. The molecular formula is C13H24F3N3. The summed E-state index contributed by atoms with van der Waals surface area (Å²) in [7, 11) is 0. The second-order valence-electron chi connectivity index (χ2n) is 5.63. The molecule has 112 valence electrons. The van der Waals surface area contributed by atoms with Crippen LogP contribution in [0.4, 0.5) is 13.2 Å². The Morgan fingerprint density at radius 3 is 2.47 bits per heavy atom. The molecule has 0 saturated carbocycles. The topological polar surface area (TPSA) is 18.5 Å². The van der Waals surface area contributed by atoms with Gasteiger partial charge in [0.1, 0.15) is 0 Å². The highest BCUT2D eigenvalue weighted by Crippen LogP contribution is 2.32. The number of rotatable bonds is 3. The van der Waals surface area contributed by atoms with E-state index in [1.165, 1.54) is 0 Å². The summed E-state index contributed by atoms with van der Waals surface area (Å²) >= 11 is 0. The lowest BCUT2D eigenvalue weighted by Gasteiger charge is -2.34. The van der Waals surface area contributed by atoms with Crippen LogP contribution < -0.4 is 5.32 Å². The van der Waals surface area contributed by atoms with Gasteiger partial charge in [0.2, 0.25) is 0 Å². The minimum atomic E-state index is -4.02. The molecule has 1 atom stereocenters. The number of likely N-dealkylation sites (tertiary alicyclic amines) is 1. The van der Waals surface area contributed by atoms with E-state index < -0.39 is 12.1 Å². The van der Waals surface area contributed by atoms with Gasteiger partial charge in [-0.15, -0.1) is 0 Å². The van der Waals surface area contributed by atoms with Crippen molar-refractivity contribution in [2.75, 3.05) is 52.4 Å². The molecule has 6 heteroatoms. The molecule has 2 fully saturated rings.